The maximum absolute atomic E-state index is 11.3. The van der Waals surface area contributed by atoms with Gasteiger partial charge < -0.3 is 19.4 Å². The van der Waals surface area contributed by atoms with Crippen molar-refractivity contribution in [2.75, 3.05) is 8.86 Å². The molecule has 1 saturated carbocycles. The molecule has 1 rings (SSSR count). The van der Waals surface area contributed by atoms with Crippen LogP contribution in [0.2, 0.25) is 0 Å². The highest BCUT2D eigenvalue weighted by Gasteiger charge is 2.35. The first kappa shape index (κ1) is 16.9. The lowest BCUT2D eigenvalue weighted by molar-refractivity contribution is -0.315. The number of carboxylic acids is 1. The Labute approximate surface area is 137 Å². The summed E-state index contributed by atoms with van der Waals surface area (Å²) in [6, 6.07) is 0. The molecular formula is C11H13I2O6-. The lowest BCUT2D eigenvalue weighted by Gasteiger charge is -2.35. The van der Waals surface area contributed by atoms with Gasteiger partial charge in [-0.25, -0.2) is 0 Å². The van der Waals surface area contributed by atoms with Crippen LogP contribution >= 0.6 is 45.2 Å². The van der Waals surface area contributed by atoms with Gasteiger partial charge in [-0.1, -0.05) is 45.2 Å². The van der Waals surface area contributed by atoms with Crippen LogP contribution in [0.4, 0.5) is 0 Å². The molecule has 0 aliphatic heterocycles. The molecule has 0 aromatic rings. The number of halogens is 2. The Balaban J connectivity index is 2.65. The largest absolute Gasteiger partial charge is 0.550 e. The van der Waals surface area contributed by atoms with Gasteiger partial charge in [0.2, 0.25) is 0 Å². The highest BCUT2D eigenvalue weighted by molar-refractivity contribution is 14.1. The number of hydrogen-bond donors (Lipinski definition) is 0. The summed E-state index contributed by atoms with van der Waals surface area (Å²) in [6.07, 6.45) is -0.249. The van der Waals surface area contributed by atoms with Crippen molar-refractivity contribution in [3.63, 3.8) is 0 Å². The van der Waals surface area contributed by atoms with Crippen molar-refractivity contribution >= 4 is 63.1 Å². The van der Waals surface area contributed by atoms with Gasteiger partial charge in [-0.3, -0.25) is 9.59 Å². The van der Waals surface area contributed by atoms with Gasteiger partial charge in [0.15, 0.2) is 0 Å². The van der Waals surface area contributed by atoms with E-state index in [2.05, 4.69) is 0 Å². The van der Waals surface area contributed by atoms with Crippen LogP contribution in [0.15, 0.2) is 0 Å². The molecule has 0 aromatic heterocycles. The first-order chi connectivity index (χ1) is 8.97. The molecule has 3 atom stereocenters. The molecule has 0 radical (unpaired) electrons. The summed E-state index contributed by atoms with van der Waals surface area (Å²) in [7, 11) is 0. The molecular weight excluding hydrogens is 482 g/mol. The lowest BCUT2D eigenvalue weighted by atomic mass is 9.84. The van der Waals surface area contributed by atoms with E-state index >= 15 is 0 Å². The third-order valence-electron chi connectivity index (χ3n) is 2.85. The number of aliphatic carboxylic acids is 1. The molecule has 108 valence electrons. The first-order valence-corrected chi connectivity index (χ1v) is 8.74. The van der Waals surface area contributed by atoms with Crippen molar-refractivity contribution < 1.29 is 29.0 Å². The van der Waals surface area contributed by atoms with E-state index in [1.54, 1.807) is 0 Å². The van der Waals surface area contributed by atoms with Gasteiger partial charge in [-0.05, 0) is 12.8 Å². The molecule has 3 unspecified atom stereocenters. The third-order valence-corrected chi connectivity index (χ3v) is 4.09. The predicted molar refractivity (Wildman–Crippen MR) is 79.9 cm³/mol. The van der Waals surface area contributed by atoms with Gasteiger partial charge in [0.1, 0.15) is 12.2 Å². The maximum atomic E-state index is 11.3. The van der Waals surface area contributed by atoms with Gasteiger partial charge >= 0.3 is 11.9 Å². The van der Waals surface area contributed by atoms with E-state index in [4.69, 9.17) is 9.47 Å². The lowest BCUT2D eigenvalue weighted by Crippen LogP contribution is -2.46. The van der Waals surface area contributed by atoms with Crippen LogP contribution < -0.4 is 5.11 Å². The fourth-order valence-electron chi connectivity index (χ4n) is 2.02. The number of esters is 2. The minimum Gasteiger partial charge on any atom is -0.550 e. The Morgan fingerprint density at radius 2 is 1.63 bits per heavy atom. The van der Waals surface area contributed by atoms with Crippen molar-refractivity contribution in [1.82, 2.24) is 0 Å². The summed E-state index contributed by atoms with van der Waals surface area (Å²) >= 11 is 3.73. The van der Waals surface area contributed by atoms with E-state index < -0.39 is 30.1 Å². The number of rotatable bonds is 5. The van der Waals surface area contributed by atoms with Crippen molar-refractivity contribution in [1.29, 1.82) is 0 Å². The number of hydrogen-bond acceptors (Lipinski definition) is 6. The Bertz CT molecular complexity index is 359. The van der Waals surface area contributed by atoms with Crippen LogP contribution in [0.1, 0.15) is 19.3 Å². The normalized spacial score (nSPS) is 26.5. The standard InChI is InChI=1S/C11H14I2O6/c12-4-9(14)18-6-1-2-7(11(16)17)8(3-6)19-10(15)5-13/h6-8H,1-5H2,(H,16,17)/p-1. The van der Waals surface area contributed by atoms with Gasteiger partial charge in [0.25, 0.3) is 0 Å². The Morgan fingerprint density at radius 3 is 2.16 bits per heavy atom. The molecule has 0 aromatic carbocycles. The molecule has 19 heavy (non-hydrogen) atoms. The second kappa shape index (κ2) is 8.22. The van der Waals surface area contributed by atoms with E-state index in [1.807, 2.05) is 45.2 Å². The van der Waals surface area contributed by atoms with Crippen molar-refractivity contribution in [3.8, 4) is 0 Å². The van der Waals surface area contributed by atoms with Gasteiger partial charge in [-0.2, -0.15) is 0 Å². The van der Waals surface area contributed by atoms with Crippen LogP contribution in [0.3, 0.4) is 0 Å². The zero-order chi connectivity index (χ0) is 14.4. The molecule has 1 aliphatic carbocycles. The third kappa shape index (κ3) is 5.40. The van der Waals surface area contributed by atoms with Crippen molar-refractivity contribution in [3.05, 3.63) is 0 Å². The summed E-state index contributed by atoms with van der Waals surface area (Å²) in [5.41, 5.74) is 0. The molecule has 0 spiro atoms. The maximum Gasteiger partial charge on any atom is 0.316 e. The fraction of sp³-hybridized carbons (Fsp3) is 0.727. The number of ether oxygens (including phenoxy) is 2. The number of carbonyl (C=O) groups excluding carboxylic acids is 3. The topological polar surface area (TPSA) is 92.7 Å². The predicted octanol–water partition coefficient (Wildman–Crippen LogP) is 0.230. The summed E-state index contributed by atoms with van der Waals surface area (Å²) < 4.78 is 10.6. The summed E-state index contributed by atoms with van der Waals surface area (Å²) in [4.78, 5) is 33.5. The van der Waals surface area contributed by atoms with Gasteiger partial charge in [0, 0.05) is 18.3 Å². The molecule has 0 bridgehead atoms. The van der Waals surface area contributed by atoms with E-state index in [0.717, 1.165) is 0 Å². The van der Waals surface area contributed by atoms with Crippen molar-refractivity contribution in [2.45, 2.75) is 31.5 Å². The summed E-state index contributed by atoms with van der Waals surface area (Å²) in [6.45, 7) is 0. The summed E-state index contributed by atoms with van der Waals surface area (Å²) in [5, 5.41) is 11.0. The molecule has 0 heterocycles. The van der Waals surface area contributed by atoms with E-state index in [1.165, 1.54) is 0 Å². The number of carbonyl (C=O) groups is 3. The fourth-order valence-corrected chi connectivity index (χ4v) is 2.38. The van der Waals surface area contributed by atoms with E-state index in [9.17, 15) is 19.5 Å². The zero-order valence-electron chi connectivity index (χ0n) is 9.97. The van der Waals surface area contributed by atoms with E-state index in [0.29, 0.717) is 6.42 Å². The molecule has 8 heteroatoms. The van der Waals surface area contributed by atoms with Gasteiger partial charge in [0.05, 0.1) is 8.86 Å². The SMILES string of the molecule is O=C(CI)OC1CCC(C(=O)[O-])C(OC(=O)CI)C1. The molecule has 0 saturated heterocycles. The van der Waals surface area contributed by atoms with Gasteiger partial charge in [-0.15, -0.1) is 0 Å². The molecule has 0 N–H and O–H groups in total. The van der Waals surface area contributed by atoms with Crippen molar-refractivity contribution in [2.24, 2.45) is 5.92 Å². The highest BCUT2D eigenvalue weighted by Crippen LogP contribution is 2.29. The number of carboxylic acid groups (broad SMARTS) is 1. The van der Waals surface area contributed by atoms with Crippen LogP contribution in [-0.4, -0.2) is 39.0 Å². The average Bonchev–Trinajstić information content (AvgIpc) is 2.38. The highest BCUT2D eigenvalue weighted by atomic mass is 127. The molecule has 6 nitrogen and oxygen atoms in total. The second-order valence-electron chi connectivity index (χ2n) is 4.15. The van der Waals surface area contributed by atoms with E-state index in [-0.39, 0.29) is 27.7 Å². The minimum atomic E-state index is -1.23. The average molecular weight is 495 g/mol. The summed E-state index contributed by atoms with van der Waals surface area (Å²) in [5.74, 6) is -2.89. The van der Waals surface area contributed by atoms with Crippen LogP contribution in [0, 0.1) is 5.92 Å². The second-order valence-corrected chi connectivity index (χ2v) is 5.67. The monoisotopic (exact) mass is 495 g/mol. The smallest absolute Gasteiger partial charge is 0.316 e. The quantitative estimate of drug-likeness (QED) is 0.308. The van der Waals surface area contributed by atoms with Crippen LogP contribution in [0.5, 0.6) is 0 Å². The van der Waals surface area contributed by atoms with Crippen LogP contribution in [0.25, 0.3) is 0 Å². The minimum absolute atomic E-state index is 0.145. The molecule has 0 amide bonds. The molecule has 1 fully saturated rings. The Kier molecular flexibility index (Phi) is 7.32. The Hall–Kier alpha value is -0.130. The van der Waals surface area contributed by atoms with Crippen LogP contribution in [-0.2, 0) is 23.9 Å². The number of alkyl halides is 2. The Morgan fingerprint density at radius 1 is 1.05 bits per heavy atom. The molecule has 1 aliphatic rings. The zero-order valence-corrected chi connectivity index (χ0v) is 14.3. The first-order valence-electron chi connectivity index (χ1n) is 5.69.